The van der Waals surface area contributed by atoms with E-state index in [9.17, 15) is 4.79 Å². The molecule has 1 aromatic carbocycles. The first kappa shape index (κ1) is 12.9. The van der Waals surface area contributed by atoms with Gasteiger partial charge in [0, 0.05) is 11.6 Å². The van der Waals surface area contributed by atoms with Crippen LogP contribution in [0.4, 0.5) is 5.69 Å². The summed E-state index contributed by atoms with van der Waals surface area (Å²) in [5.74, 6) is 1.28. The summed E-state index contributed by atoms with van der Waals surface area (Å²) in [5, 5.41) is 2.95. The summed E-state index contributed by atoms with van der Waals surface area (Å²) in [6, 6.07) is 7.38. The lowest BCUT2D eigenvalue weighted by molar-refractivity contribution is -0.120. The smallest absolute Gasteiger partial charge is 0.227 e. The Morgan fingerprint density at radius 2 is 2.11 bits per heavy atom. The van der Waals surface area contributed by atoms with Crippen LogP contribution in [0, 0.1) is 11.8 Å². The number of amides is 1. The zero-order valence-electron chi connectivity index (χ0n) is 10.7. The molecule has 18 heavy (non-hydrogen) atoms. The molecule has 0 heterocycles. The topological polar surface area (TPSA) is 64.3 Å². The summed E-state index contributed by atoms with van der Waals surface area (Å²) in [5.41, 5.74) is 6.51. The van der Waals surface area contributed by atoms with Gasteiger partial charge in [-0.15, -0.1) is 0 Å². The highest BCUT2D eigenvalue weighted by Crippen LogP contribution is 2.31. The average Bonchev–Trinajstić information content (AvgIpc) is 2.88. The minimum atomic E-state index is 0.0668. The SMILES string of the molecule is COc1ccc(NC(=O)C2CCCC2CN)cc1. The summed E-state index contributed by atoms with van der Waals surface area (Å²) in [4.78, 5) is 12.1. The molecule has 1 aromatic rings. The maximum atomic E-state index is 12.1. The van der Waals surface area contributed by atoms with Gasteiger partial charge in [0.05, 0.1) is 7.11 Å². The molecule has 0 aliphatic heterocycles. The van der Waals surface area contributed by atoms with Gasteiger partial charge in [0.1, 0.15) is 5.75 Å². The fraction of sp³-hybridized carbons (Fsp3) is 0.500. The van der Waals surface area contributed by atoms with Crippen LogP contribution in [0.1, 0.15) is 19.3 Å². The minimum Gasteiger partial charge on any atom is -0.497 e. The largest absolute Gasteiger partial charge is 0.497 e. The quantitative estimate of drug-likeness (QED) is 0.856. The zero-order chi connectivity index (χ0) is 13.0. The molecule has 3 N–H and O–H groups in total. The summed E-state index contributed by atoms with van der Waals surface area (Å²) < 4.78 is 5.08. The lowest BCUT2D eigenvalue weighted by Crippen LogP contribution is -2.29. The van der Waals surface area contributed by atoms with E-state index in [0.717, 1.165) is 30.7 Å². The van der Waals surface area contributed by atoms with Gasteiger partial charge in [-0.1, -0.05) is 6.42 Å². The van der Waals surface area contributed by atoms with Gasteiger partial charge in [-0.3, -0.25) is 4.79 Å². The highest BCUT2D eigenvalue weighted by Gasteiger charge is 2.31. The molecule has 2 unspecified atom stereocenters. The molecule has 4 nitrogen and oxygen atoms in total. The van der Waals surface area contributed by atoms with Crippen molar-refractivity contribution in [2.45, 2.75) is 19.3 Å². The number of carbonyl (C=O) groups excluding carboxylic acids is 1. The van der Waals surface area contributed by atoms with E-state index in [1.54, 1.807) is 7.11 Å². The molecule has 1 fully saturated rings. The number of hydrogen-bond donors (Lipinski definition) is 2. The highest BCUT2D eigenvalue weighted by atomic mass is 16.5. The molecule has 4 heteroatoms. The number of methoxy groups -OCH3 is 1. The van der Waals surface area contributed by atoms with Crippen LogP contribution < -0.4 is 15.8 Å². The van der Waals surface area contributed by atoms with E-state index in [1.807, 2.05) is 24.3 Å². The third-order valence-corrected chi connectivity index (χ3v) is 3.66. The van der Waals surface area contributed by atoms with E-state index in [4.69, 9.17) is 10.5 Å². The number of nitrogens with one attached hydrogen (secondary N) is 1. The summed E-state index contributed by atoms with van der Waals surface area (Å²) in [6.45, 7) is 0.598. The van der Waals surface area contributed by atoms with Gasteiger partial charge in [-0.2, -0.15) is 0 Å². The van der Waals surface area contributed by atoms with Crippen molar-refractivity contribution in [1.82, 2.24) is 0 Å². The number of hydrogen-bond acceptors (Lipinski definition) is 3. The van der Waals surface area contributed by atoms with Crippen molar-refractivity contribution in [3.63, 3.8) is 0 Å². The van der Waals surface area contributed by atoms with Crippen molar-refractivity contribution < 1.29 is 9.53 Å². The van der Waals surface area contributed by atoms with Crippen LogP contribution in [0.2, 0.25) is 0 Å². The van der Waals surface area contributed by atoms with Crippen molar-refractivity contribution in [3.8, 4) is 5.75 Å². The summed E-state index contributed by atoms with van der Waals surface area (Å²) in [7, 11) is 1.62. The van der Waals surface area contributed by atoms with E-state index in [1.165, 1.54) is 0 Å². The number of rotatable bonds is 4. The Balaban J connectivity index is 1.97. The molecule has 98 valence electrons. The van der Waals surface area contributed by atoms with Crippen LogP contribution in [-0.4, -0.2) is 19.6 Å². The fourth-order valence-corrected chi connectivity index (χ4v) is 2.57. The van der Waals surface area contributed by atoms with E-state index < -0.39 is 0 Å². The summed E-state index contributed by atoms with van der Waals surface area (Å²) >= 11 is 0. The molecular formula is C14H20N2O2. The zero-order valence-corrected chi connectivity index (χ0v) is 10.7. The molecule has 1 aliphatic rings. The Bertz CT molecular complexity index is 403. The van der Waals surface area contributed by atoms with Gasteiger partial charge in [-0.25, -0.2) is 0 Å². The minimum absolute atomic E-state index is 0.0668. The average molecular weight is 248 g/mol. The Kier molecular flexibility index (Phi) is 4.20. The molecule has 0 spiro atoms. The first-order chi connectivity index (χ1) is 8.74. The van der Waals surface area contributed by atoms with Gasteiger partial charge in [0.15, 0.2) is 0 Å². The van der Waals surface area contributed by atoms with Crippen molar-refractivity contribution in [2.24, 2.45) is 17.6 Å². The van der Waals surface area contributed by atoms with E-state index >= 15 is 0 Å². The van der Waals surface area contributed by atoms with Gasteiger partial charge >= 0.3 is 0 Å². The lowest BCUT2D eigenvalue weighted by Gasteiger charge is -2.17. The van der Waals surface area contributed by atoms with Gasteiger partial charge < -0.3 is 15.8 Å². The Morgan fingerprint density at radius 3 is 2.72 bits per heavy atom. The fourth-order valence-electron chi connectivity index (χ4n) is 2.57. The predicted molar refractivity (Wildman–Crippen MR) is 71.5 cm³/mol. The predicted octanol–water partition coefficient (Wildman–Crippen LogP) is 2.01. The van der Waals surface area contributed by atoms with Gasteiger partial charge in [0.25, 0.3) is 0 Å². The van der Waals surface area contributed by atoms with Crippen molar-refractivity contribution in [3.05, 3.63) is 24.3 Å². The Labute approximate surface area is 108 Å². The molecule has 1 amide bonds. The third-order valence-electron chi connectivity index (χ3n) is 3.66. The third kappa shape index (κ3) is 2.82. The molecule has 2 atom stereocenters. The monoisotopic (exact) mass is 248 g/mol. The van der Waals surface area contributed by atoms with Crippen LogP contribution >= 0.6 is 0 Å². The number of ether oxygens (including phenoxy) is 1. The Morgan fingerprint density at radius 1 is 1.39 bits per heavy atom. The number of anilines is 1. The van der Waals surface area contributed by atoms with E-state index in [2.05, 4.69) is 5.32 Å². The molecule has 2 rings (SSSR count). The molecular weight excluding hydrogens is 228 g/mol. The number of benzene rings is 1. The molecule has 0 aromatic heterocycles. The molecule has 1 saturated carbocycles. The Hall–Kier alpha value is -1.55. The lowest BCUT2D eigenvalue weighted by atomic mass is 9.95. The summed E-state index contributed by atoms with van der Waals surface area (Å²) in [6.07, 6.45) is 3.11. The van der Waals surface area contributed by atoms with Crippen LogP contribution in [0.25, 0.3) is 0 Å². The first-order valence-corrected chi connectivity index (χ1v) is 6.39. The van der Waals surface area contributed by atoms with Crippen LogP contribution in [0.3, 0.4) is 0 Å². The first-order valence-electron chi connectivity index (χ1n) is 6.39. The van der Waals surface area contributed by atoms with Crippen molar-refractivity contribution in [1.29, 1.82) is 0 Å². The van der Waals surface area contributed by atoms with Crippen LogP contribution in [-0.2, 0) is 4.79 Å². The van der Waals surface area contributed by atoms with Crippen LogP contribution in [0.5, 0.6) is 5.75 Å². The molecule has 0 saturated heterocycles. The van der Waals surface area contributed by atoms with E-state index in [-0.39, 0.29) is 11.8 Å². The normalized spacial score (nSPS) is 22.8. The van der Waals surface area contributed by atoms with Crippen molar-refractivity contribution >= 4 is 11.6 Å². The number of carbonyl (C=O) groups is 1. The molecule has 0 bridgehead atoms. The van der Waals surface area contributed by atoms with Crippen LogP contribution in [0.15, 0.2) is 24.3 Å². The van der Waals surface area contributed by atoms with E-state index in [0.29, 0.717) is 12.5 Å². The molecule has 1 aliphatic carbocycles. The van der Waals surface area contributed by atoms with Gasteiger partial charge in [-0.05, 0) is 49.6 Å². The number of nitrogens with two attached hydrogens (primary N) is 1. The molecule has 0 radical (unpaired) electrons. The maximum Gasteiger partial charge on any atom is 0.227 e. The second-order valence-corrected chi connectivity index (χ2v) is 4.75. The second kappa shape index (κ2) is 5.87. The maximum absolute atomic E-state index is 12.1. The standard InChI is InChI=1S/C14H20N2O2/c1-18-12-7-5-11(6-8-12)16-14(17)13-4-2-3-10(13)9-15/h5-8,10,13H,2-4,9,15H2,1H3,(H,16,17). The highest BCUT2D eigenvalue weighted by molar-refractivity contribution is 5.93. The van der Waals surface area contributed by atoms with Gasteiger partial charge in [0.2, 0.25) is 5.91 Å². The van der Waals surface area contributed by atoms with Crippen molar-refractivity contribution in [2.75, 3.05) is 19.0 Å². The second-order valence-electron chi connectivity index (χ2n) is 4.75.